The van der Waals surface area contributed by atoms with Gasteiger partial charge in [-0.15, -0.1) is 0 Å². The van der Waals surface area contributed by atoms with Crippen LogP contribution in [0.2, 0.25) is 0 Å². The zero-order valence-corrected chi connectivity index (χ0v) is 15.6. The van der Waals surface area contributed by atoms with Crippen LogP contribution in [0.25, 0.3) is 10.8 Å². The molecule has 1 radical (unpaired) electrons. The van der Waals surface area contributed by atoms with E-state index in [1.54, 1.807) is 0 Å². The molecule has 0 saturated heterocycles. The quantitative estimate of drug-likeness (QED) is 0.327. The van der Waals surface area contributed by atoms with E-state index in [1.165, 1.54) is 93.4 Å². The van der Waals surface area contributed by atoms with Gasteiger partial charge in [0.2, 0.25) is 0 Å². The molecule has 0 bridgehead atoms. The van der Waals surface area contributed by atoms with Crippen molar-refractivity contribution in [2.45, 2.75) is 84.0 Å². The highest BCUT2D eigenvalue weighted by Gasteiger charge is 2.00. The molecule has 2 aromatic carbocycles. The highest BCUT2D eigenvalue weighted by atomic mass is 14.1. The molecule has 0 heteroatoms. The number of hydrogen-bond donors (Lipinski definition) is 0. The van der Waals surface area contributed by atoms with Crippen molar-refractivity contribution in [3.63, 3.8) is 0 Å². The van der Waals surface area contributed by atoms with Crippen molar-refractivity contribution in [2.24, 2.45) is 0 Å². The minimum Gasteiger partial charge on any atom is -0.0654 e. The third-order valence-corrected chi connectivity index (χ3v) is 5.00. The second kappa shape index (κ2) is 12.1. The van der Waals surface area contributed by atoms with E-state index in [9.17, 15) is 0 Å². The number of hydrogen-bond acceptors (Lipinski definition) is 0. The summed E-state index contributed by atoms with van der Waals surface area (Å²) in [5.74, 6) is 0. The van der Waals surface area contributed by atoms with Gasteiger partial charge in [0.15, 0.2) is 0 Å². The summed E-state index contributed by atoms with van der Waals surface area (Å²) in [5, 5.41) is 2.74. The molecule has 0 amide bonds. The molecule has 0 spiro atoms. The lowest BCUT2D eigenvalue weighted by Crippen LogP contribution is -1.86. The van der Waals surface area contributed by atoms with Crippen molar-refractivity contribution in [3.05, 3.63) is 54.4 Å². The second-order valence-electron chi connectivity index (χ2n) is 7.10. The van der Waals surface area contributed by atoms with Crippen molar-refractivity contribution < 1.29 is 0 Å². The Kier molecular flexibility index (Phi) is 9.61. The Labute approximate surface area is 149 Å². The third kappa shape index (κ3) is 7.07. The molecule has 131 valence electrons. The smallest absolute Gasteiger partial charge is 0.00867 e. The molecule has 0 heterocycles. The van der Waals surface area contributed by atoms with E-state index in [1.807, 2.05) is 0 Å². The van der Waals surface area contributed by atoms with Crippen molar-refractivity contribution in [1.29, 1.82) is 0 Å². The molecule has 0 aliphatic rings. The molecule has 0 aromatic heterocycles. The van der Waals surface area contributed by atoms with E-state index in [-0.39, 0.29) is 0 Å². The largest absolute Gasteiger partial charge is 0.0654 e. The second-order valence-corrected chi connectivity index (χ2v) is 7.10. The summed E-state index contributed by atoms with van der Waals surface area (Å²) in [5.41, 5.74) is 1.40. The highest BCUT2D eigenvalue weighted by Crippen LogP contribution is 2.22. The first-order chi connectivity index (χ1) is 11.9. The Bertz CT molecular complexity index is 549. The van der Waals surface area contributed by atoms with Crippen molar-refractivity contribution >= 4 is 10.8 Å². The average molecular weight is 324 g/mol. The fourth-order valence-corrected chi connectivity index (χ4v) is 3.49. The van der Waals surface area contributed by atoms with E-state index >= 15 is 0 Å². The lowest BCUT2D eigenvalue weighted by atomic mass is 9.99. The fraction of sp³-hybridized carbons (Fsp3) is 0.542. The third-order valence-electron chi connectivity index (χ3n) is 5.00. The van der Waals surface area contributed by atoms with E-state index in [4.69, 9.17) is 0 Å². The van der Waals surface area contributed by atoms with Crippen LogP contribution in [0.4, 0.5) is 0 Å². The highest BCUT2D eigenvalue weighted by molar-refractivity contribution is 5.86. The maximum atomic E-state index is 2.43. The van der Waals surface area contributed by atoms with Gasteiger partial charge in [0, 0.05) is 0 Å². The number of unbranched alkanes of at least 4 members (excludes halogenated alkanes) is 11. The topological polar surface area (TPSA) is 0 Å². The minimum absolute atomic E-state index is 1.21. The minimum atomic E-state index is 1.21. The van der Waals surface area contributed by atoms with Gasteiger partial charge in [0.1, 0.15) is 0 Å². The van der Waals surface area contributed by atoms with Crippen LogP contribution in [0.15, 0.2) is 42.5 Å². The Balaban J connectivity index is 1.49. The molecule has 0 N–H and O–H groups in total. The first-order valence-electron chi connectivity index (χ1n) is 10.2. The Morgan fingerprint density at radius 2 is 1.21 bits per heavy atom. The number of rotatable bonds is 13. The van der Waals surface area contributed by atoms with Crippen LogP contribution in [0.5, 0.6) is 0 Å². The van der Waals surface area contributed by atoms with E-state index in [0.717, 1.165) is 0 Å². The summed E-state index contributed by atoms with van der Waals surface area (Å²) in [6.07, 6.45) is 19.2. The molecular weight excluding hydrogens is 288 g/mol. The van der Waals surface area contributed by atoms with Gasteiger partial charge in [-0.3, -0.25) is 0 Å². The van der Waals surface area contributed by atoms with Crippen LogP contribution in [-0.4, -0.2) is 0 Å². The molecule has 2 rings (SSSR count). The van der Waals surface area contributed by atoms with E-state index < -0.39 is 0 Å². The van der Waals surface area contributed by atoms with Gasteiger partial charge in [0.25, 0.3) is 0 Å². The maximum absolute atomic E-state index is 2.43. The van der Waals surface area contributed by atoms with Crippen molar-refractivity contribution in [1.82, 2.24) is 0 Å². The SMILES string of the molecule is CCCCCCCCCCCCC[CH]c1cccc2ccccc12. The fourth-order valence-electron chi connectivity index (χ4n) is 3.49. The first kappa shape index (κ1) is 19.0. The lowest BCUT2D eigenvalue weighted by Gasteiger charge is -2.06. The molecule has 0 atom stereocenters. The van der Waals surface area contributed by atoms with E-state index in [0.29, 0.717) is 0 Å². The normalized spacial score (nSPS) is 11.2. The zero-order chi connectivity index (χ0) is 16.9. The Morgan fingerprint density at radius 1 is 0.625 bits per heavy atom. The summed E-state index contributed by atoms with van der Waals surface area (Å²) in [7, 11) is 0. The van der Waals surface area contributed by atoms with Gasteiger partial charge in [-0.05, 0) is 29.2 Å². The summed E-state index contributed by atoms with van der Waals surface area (Å²) in [6, 6.07) is 15.3. The van der Waals surface area contributed by atoms with Crippen molar-refractivity contribution in [2.75, 3.05) is 0 Å². The molecule has 0 nitrogen and oxygen atoms in total. The molecule has 0 aliphatic carbocycles. The van der Waals surface area contributed by atoms with Crippen LogP contribution >= 0.6 is 0 Å². The summed E-state index contributed by atoms with van der Waals surface area (Å²) < 4.78 is 0. The van der Waals surface area contributed by atoms with Gasteiger partial charge >= 0.3 is 0 Å². The van der Waals surface area contributed by atoms with E-state index in [2.05, 4.69) is 55.8 Å². The molecule has 0 fully saturated rings. The van der Waals surface area contributed by atoms with Crippen LogP contribution in [0, 0.1) is 6.42 Å². The summed E-state index contributed by atoms with van der Waals surface area (Å²) >= 11 is 0. The lowest BCUT2D eigenvalue weighted by molar-refractivity contribution is 0.549. The molecule has 0 saturated carbocycles. The maximum Gasteiger partial charge on any atom is -0.00867 e. The van der Waals surface area contributed by atoms with Crippen LogP contribution in [0.1, 0.15) is 89.5 Å². The van der Waals surface area contributed by atoms with Gasteiger partial charge in [-0.25, -0.2) is 0 Å². The number of benzene rings is 2. The monoisotopic (exact) mass is 323 g/mol. The van der Waals surface area contributed by atoms with Gasteiger partial charge in [-0.1, -0.05) is 120 Å². The zero-order valence-electron chi connectivity index (χ0n) is 15.6. The molecule has 24 heavy (non-hydrogen) atoms. The molecule has 0 aliphatic heterocycles. The van der Waals surface area contributed by atoms with Crippen LogP contribution in [0.3, 0.4) is 0 Å². The molecule has 2 aromatic rings. The van der Waals surface area contributed by atoms with Gasteiger partial charge < -0.3 is 0 Å². The van der Waals surface area contributed by atoms with Gasteiger partial charge in [0.05, 0.1) is 0 Å². The van der Waals surface area contributed by atoms with Crippen LogP contribution < -0.4 is 0 Å². The van der Waals surface area contributed by atoms with Gasteiger partial charge in [-0.2, -0.15) is 0 Å². The van der Waals surface area contributed by atoms with Crippen molar-refractivity contribution in [3.8, 4) is 0 Å². The average Bonchev–Trinajstić information content (AvgIpc) is 2.63. The molecule has 0 unspecified atom stereocenters. The summed E-state index contributed by atoms with van der Waals surface area (Å²) in [4.78, 5) is 0. The first-order valence-corrected chi connectivity index (χ1v) is 10.2. The molecular formula is C24H35. The predicted octanol–water partition coefficient (Wildman–Crippen LogP) is 8.09. The standard InChI is InChI=1S/C24H35/c1-2-3-4-5-6-7-8-9-10-11-12-13-17-22-19-16-20-23-18-14-15-21-24(22)23/h14-21H,2-13H2,1H3. The predicted molar refractivity (Wildman–Crippen MR) is 108 cm³/mol. The Morgan fingerprint density at radius 3 is 1.92 bits per heavy atom. The Hall–Kier alpha value is -1.30. The summed E-state index contributed by atoms with van der Waals surface area (Å²) in [6.45, 7) is 2.29. The van der Waals surface area contributed by atoms with Crippen LogP contribution in [-0.2, 0) is 0 Å². The number of fused-ring (bicyclic) bond motifs is 1.